The summed E-state index contributed by atoms with van der Waals surface area (Å²) in [4.78, 5) is 42.5. The zero-order valence-corrected chi connectivity index (χ0v) is 21.1. The molecule has 7 nitrogen and oxygen atoms in total. The summed E-state index contributed by atoms with van der Waals surface area (Å²) in [5.74, 6) is -0.292. The van der Waals surface area contributed by atoms with Crippen LogP contribution in [0.1, 0.15) is 37.6 Å². The zero-order chi connectivity index (χ0) is 24.8. The van der Waals surface area contributed by atoms with Crippen LogP contribution in [0.2, 0.25) is 10.0 Å². The van der Waals surface area contributed by atoms with E-state index in [0.29, 0.717) is 47.4 Å². The van der Waals surface area contributed by atoms with E-state index in [1.165, 1.54) is 6.07 Å². The minimum atomic E-state index is -0.709. The normalized spacial score (nSPS) is 17.6. The van der Waals surface area contributed by atoms with E-state index in [2.05, 4.69) is 10.6 Å². The molecule has 34 heavy (non-hydrogen) atoms. The van der Waals surface area contributed by atoms with E-state index in [0.717, 1.165) is 0 Å². The van der Waals surface area contributed by atoms with Crippen LogP contribution in [-0.4, -0.2) is 59.4 Å². The number of nitrogens with zero attached hydrogens (tertiary/aromatic N) is 2. The summed E-state index contributed by atoms with van der Waals surface area (Å²) in [6.45, 7) is 7.07. The van der Waals surface area contributed by atoms with E-state index < -0.39 is 12.1 Å². The molecule has 1 saturated heterocycles. The van der Waals surface area contributed by atoms with Crippen LogP contribution >= 0.6 is 23.2 Å². The van der Waals surface area contributed by atoms with Gasteiger partial charge in [0.05, 0.1) is 10.7 Å². The fraction of sp³-hybridized carbons (Fsp3) is 0.400. The Morgan fingerprint density at radius 1 is 1.09 bits per heavy atom. The molecule has 2 aromatic carbocycles. The molecule has 4 amide bonds. The summed E-state index contributed by atoms with van der Waals surface area (Å²) in [5, 5.41) is 6.27. The lowest BCUT2D eigenvalue weighted by Crippen LogP contribution is -2.60. The van der Waals surface area contributed by atoms with Crippen LogP contribution in [0.25, 0.3) is 0 Å². The van der Waals surface area contributed by atoms with Gasteiger partial charge >= 0.3 is 6.03 Å². The Hall–Kier alpha value is -2.77. The molecule has 3 atom stereocenters. The van der Waals surface area contributed by atoms with Crippen molar-refractivity contribution in [2.24, 2.45) is 5.92 Å². The average molecular weight is 505 g/mol. The van der Waals surface area contributed by atoms with Crippen LogP contribution < -0.4 is 10.6 Å². The van der Waals surface area contributed by atoms with Crippen LogP contribution in [-0.2, 0) is 4.79 Å². The van der Waals surface area contributed by atoms with Crippen molar-refractivity contribution < 1.29 is 14.4 Å². The summed E-state index contributed by atoms with van der Waals surface area (Å²) in [7, 11) is 0. The highest BCUT2D eigenvalue weighted by Crippen LogP contribution is 2.25. The van der Waals surface area contributed by atoms with E-state index in [-0.39, 0.29) is 23.8 Å². The van der Waals surface area contributed by atoms with Crippen molar-refractivity contribution in [3.8, 4) is 0 Å². The molecule has 182 valence electrons. The van der Waals surface area contributed by atoms with Gasteiger partial charge < -0.3 is 20.4 Å². The number of amides is 4. The molecule has 3 rings (SSSR count). The molecule has 0 bridgehead atoms. The van der Waals surface area contributed by atoms with Gasteiger partial charge in [-0.2, -0.15) is 0 Å². The maximum absolute atomic E-state index is 13.4. The maximum Gasteiger partial charge on any atom is 0.319 e. The van der Waals surface area contributed by atoms with E-state index in [4.69, 9.17) is 23.2 Å². The van der Waals surface area contributed by atoms with Crippen LogP contribution in [0.15, 0.2) is 48.5 Å². The molecule has 1 aliphatic rings. The van der Waals surface area contributed by atoms with Gasteiger partial charge in [0.15, 0.2) is 0 Å². The molecule has 1 aliphatic heterocycles. The van der Waals surface area contributed by atoms with Gasteiger partial charge in [0, 0.05) is 36.3 Å². The van der Waals surface area contributed by atoms with Crippen molar-refractivity contribution in [1.82, 2.24) is 15.1 Å². The smallest absolute Gasteiger partial charge is 0.319 e. The van der Waals surface area contributed by atoms with Gasteiger partial charge in [-0.3, -0.25) is 9.59 Å². The van der Waals surface area contributed by atoms with Crippen molar-refractivity contribution in [3.63, 3.8) is 0 Å². The molecule has 9 heteroatoms. The number of rotatable bonds is 6. The van der Waals surface area contributed by atoms with Gasteiger partial charge in [0.1, 0.15) is 6.04 Å². The quantitative estimate of drug-likeness (QED) is 0.586. The Balaban J connectivity index is 1.66. The Bertz CT molecular complexity index is 1030. The van der Waals surface area contributed by atoms with E-state index >= 15 is 0 Å². The number of piperazine rings is 1. The summed E-state index contributed by atoms with van der Waals surface area (Å²) in [5.41, 5.74) is 1.03. The van der Waals surface area contributed by atoms with Crippen molar-refractivity contribution >= 4 is 46.7 Å². The van der Waals surface area contributed by atoms with E-state index in [9.17, 15) is 14.4 Å². The van der Waals surface area contributed by atoms with Gasteiger partial charge in [-0.1, -0.05) is 61.7 Å². The summed E-state index contributed by atoms with van der Waals surface area (Å²) in [6, 6.07) is 12.5. The van der Waals surface area contributed by atoms with Crippen molar-refractivity contribution in [2.45, 2.75) is 39.3 Å². The predicted molar refractivity (Wildman–Crippen MR) is 135 cm³/mol. The topological polar surface area (TPSA) is 81.8 Å². The minimum Gasteiger partial charge on any atom is -0.337 e. The first-order valence-electron chi connectivity index (χ1n) is 11.4. The number of carbonyl (C=O) groups excluding carboxylic acids is 3. The standard InChI is InChI=1S/C25H30Cl2N4O3/c1-4-16(2)22(29-25(34)28-21-11-10-19(26)14-20(21)27)24(33)30-12-13-31(17(3)15-30)23(32)18-8-6-5-7-9-18/h5-11,14,16-17,22H,4,12-13,15H2,1-3H3,(H2,28,29,34). The van der Waals surface area contributed by atoms with Gasteiger partial charge in [-0.15, -0.1) is 0 Å². The first-order valence-corrected chi connectivity index (χ1v) is 12.1. The molecule has 1 fully saturated rings. The van der Waals surface area contributed by atoms with E-state index in [1.54, 1.807) is 34.1 Å². The molecule has 2 N–H and O–H groups in total. The number of nitrogens with one attached hydrogen (secondary N) is 2. The molecule has 1 heterocycles. The van der Waals surface area contributed by atoms with Gasteiger partial charge in [0.2, 0.25) is 5.91 Å². The number of benzene rings is 2. The number of carbonyl (C=O) groups is 3. The second-order valence-corrected chi connectivity index (χ2v) is 9.43. The molecule has 0 aromatic heterocycles. The molecular formula is C25H30Cl2N4O3. The lowest BCUT2D eigenvalue weighted by Gasteiger charge is -2.41. The first-order chi connectivity index (χ1) is 16.2. The highest BCUT2D eigenvalue weighted by molar-refractivity contribution is 6.36. The maximum atomic E-state index is 13.4. The molecule has 2 aromatic rings. The van der Waals surface area contributed by atoms with Gasteiger partial charge in [-0.05, 0) is 43.2 Å². The predicted octanol–water partition coefficient (Wildman–Crippen LogP) is 4.90. The third kappa shape index (κ3) is 6.21. The lowest BCUT2D eigenvalue weighted by atomic mass is 9.97. The fourth-order valence-corrected chi connectivity index (χ4v) is 4.43. The van der Waals surface area contributed by atoms with Crippen LogP contribution in [0.5, 0.6) is 0 Å². The Labute approximate surface area is 210 Å². The van der Waals surface area contributed by atoms with Gasteiger partial charge in [0.25, 0.3) is 5.91 Å². The Morgan fingerprint density at radius 2 is 1.79 bits per heavy atom. The van der Waals surface area contributed by atoms with Crippen molar-refractivity contribution in [1.29, 1.82) is 0 Å². The number of anilines is 1. The monoisotopic (exact) mass is 504 g/mol. The lowest BCUT2D eigenvalue weighted by molar-refractivity contribution is -0.136. The number of hydrogen-bond acceptors (Lipinski definition) is 3. The molecule has 3 unspecified atom stereocenters. The third-order valence-corrected chi connectivity index (χ3v) is 6.71. The van der Waals surface area contributed by atoms with Crippen LogP contribution in [0.4, 0.5) is 10.5 Å². The summed E-state index contributed by atoms with van der Waals surface area (Å²) >= 11 is 12.1. The molecule has 0 spiro atoms. The zero-order valence-electron chi connectivity index (χ0n) is 19.6. The molecule has 0 saturated carbocycles. The first kappa shape index (κ1) is 25.8. The number of urea groups is 1. The number of halogens is 2. The summed E-state index contributed by atoms with van der Waals surface area (Å²) in [6.07, 6.45) is 0.709. The number of hydrogen-bond donors (Lipinski definition) is 2. The Kier molecular flexibility index (Phi) is 8.80. The average Bonchev–Trinajstić information content (AvgIpc) is 2.83. The molecule has 0 radical (unpaired) electrons. The SMILES string of the molecule is CCC(C)C(NC(=O)Nc1ccc(Cl)cc1Cl)C(=O)N1CCN(C(=O)c2ccccc2)C(C)C1. The second kappa shape index (κ2) is 11.6. The van der Waals surface area contributed by atoms with Gasteiger partial charge in [-0.25, -0.2) is 4.79 Å². The molecule has 0 aliphatic carbocycles. The van der Waals surface area contributed by atoms with E-state index in [1.807, 2.05) is 39.0 Å². The summed E-state index contributed by atoms with van der Waals surface area (Å²) < 4.78 is 0. The molecular weight excluding hydrogens is 475 g/mol. The van der Waals surface area contributed by atoms with Crippen LogP contribution in [0.3, 0.4) is 0 Å². The third-order valence-electron chi connectivity index (χ3n) is 6.17. The Morgan fingerprint density at radius 3 is 2.41 bits per heavy atom. The fourth-order valence-electron chi connectivity index (χ4n) is 3.98. The minimum absolute atomic E-state index is 0.0454. The highest BCUT2D eigenvalue weighted by Gasteiger charge is 2.35. The van der Waals surface area contributed by atoms with Crippen LogP contribution in [0, 0.1) is 5.92 Å². The second-order valence-electron chi connectivity index (χ2n) is 8.58. The van der Waals surface area contributed by atoms with Crippen molar-refractivity contribution in [2.75, 3.05) is 25.0 Å². The highest BCUT2D eigenvalue weighted by atomic mass is 35.5. The largest absolute Gasteiger partial charge is 0.337 e. The van der Waals surface area contributed by atoms with Crippen molar-refractivity contribution in [3.05, 3.63) is 64.1 Å².